The summed E-state index contributed by atoms with van der Waals surface area (Å²) in [5, 5.41) is 3.18. The highest BCUT2D eigenvalue weighted by molar-refractivity contribution is 14.1. The van der Waals surface area contributed by atoms with Crippen LogP contribution in [0.3, 0.4) is 0 Å². The lowest BCUT2D eigenvalue weighted by Crippen LogP contribution is -2.20. The number of hydrogen-bond donors (Lipinski definition) is 1. The van der Waals surface area contributed by atoms with Gasteiger partial charge in [0, 0.05) is 32.1 Å². The van der Waals surface area contributed by atoms with E-state index in [4.69, 9.17) is 9.72 Å². The van der Waals surface area contributed by atoms with E-state index in [9.17, 15) is 0 Å². The quantitative estimate of drug-likeness (QED) is 0.826. The van der Waals surface area contributed by atoms with Gasteiger partial charge in [-0.05, 0) is 34.9 Å². The van der Waals surface area contributed by atoms with Crippen LogP contribution in [0.5, 0.6) is 0 Å². The zero-order valence-electron chi connectivity index (χ0n) is 12.1. The fourth-order valence-corrected chi connectivity index (χ4v) is 3.57. The predicted octanol–water partition coefficient (Wildman–Crippen LogP) is 3.00. The van der Waals surface area contributed by atoms with Crippen LogP contribution in [0.1, 0.15) is 38.7 Å². The average molecular weight is 375 g/mol. The van der Waals surface area contributed by atoms with E-state index in [-0.39, 0.29) is 5.41 Å². The first-order valence-electron chi connectivity index (χ1n) is 6.74. The van der Waals surface area contributed by atoms with Crippen molar-refractivity contribution in [1.29, 1.82) is 0 Å². The van der Waals surface area contributed by atoms with Crippen LogP contribution in [0, 0.1) is 9.49 Å². The molecular weight excluding hydrogens is 353 g/mol. The molecule has 0 radical (unpaired) electrons. The van der Waals surface area contributed by atoms with E-state index in [0.717, 1.165) is 47.0 Å². The molecule has 0 spiro atoms. The molecule has 1 N–H and O–H groups in total. The van der Waals surface area contributed by atoms with Crippen LogP contribution in [0.2, 0.25) is 0 Å². The van der Waals surface area contributed by atoms with Crippen molar-refractivity contribution in [3.05, 3.63) is 15.1 Å². The summed E-state index contributed by atoms with van der Waals surface area (Å²) in [6.45, 7) is 8.30. The van der Waals surface area contributed by atoms with Crippen LogP contribution in [0.25, 0.3) is 0 Å². The number of nitrogens with one attached hydrogen (secondary N) is 1. The van der Waals surface area contributed by atoms with Crippen molar-refractivity contribution in [2.45, 2.75) is 39.0 Å². The first-order valence-corrected chi connectivity index (χ1v) is 7.82. The highest BCUT2D eigenvalue weighted by Gasteiger charge is 2.24. The Balaban J connectivity index is 2.33. The molecule has 1 fully saturated rings. The molecule has 19 heavy (non-hydrogen) atoms. The SMILES string of the molecule is CNc1nc(CC2CCOC2)nc(C(C)(C)C)c1I. The van der Waals surface area contributed by atoms with Crippen LogP contribution < -0.4 is 5.32 Å². The minimum atomic E-state index is 0.0337. The first-order chi connectivity index (χ1) is 8.91. The largest absolute Gasteiger partial charge is 0.381 e. The molecule has 1 aliphatic rings. The number of halogens is 1. The summed E-state index contributed by atoms with van der Waals surface area (Å²) >= 11 is 2.34. The Hall–Kier alpha value is -0.430. The van der Waals surface area contributed by atoms with E-state index in [2.05, 4.69) is 53.7 Å². The summed E-state index contributed by atoms with van der Waals surface area (Å²) in [5.74, 6) is 2.44. The van der Waals surface area contributed by atoms with Gasteiger partial charge in [-0.3, -0.25) is 0 Å². The Bertz CT molecular complexity index is 451. The summed E-state index contributed by atoms with van der Waals surface area (Å²) in [7, 11) is 1.92. The van der Waals surface area contributed by atoms with Crippen molar-refractivity contribution in [2.75, 3.05) is 25.6 Å². The molecule has 1 aromatic heterocycles. The lowest BCUT2D eigenvalue weighted by atomic mass is 9.91. The van der Waals surface area contributed by atoms with Gasteiger partial charge in [-0.15, -0.1) is 0 Å². The number of hydrogen-bond acceptors (Lipinski definition) is 4. The molecular formula is C14H22IN3O. The molecule has 1 aromatic rings. The second-order valence-corrected chi connectivity index (χ2v) is 7.16. The highest BCUT2D eigenvalue weighted by atomic mass is 127. The summed E-state index contributed by atoms with van der Waals surface area (Å²) < 4.78 is 6.56. The molecule has 1 atom stereocenters. The van der Waals surface area contributed by atoms with Gasteiger partial charge in [-0.1, -0.05) is 20.8 Å². The second kappa shape index (κ2) is 5.91. The van der Waals surface area contributed by atoms with Gasteiger partial charge >= 0.3 is 0 Å². The van der Waals surface area contributed by atoms with E-state index < -0.39 is 0 Å². The molecule has 0 amide bonds. The standard InChI is InChI=1S/C14H22IN3O/c1-14(2,3)12-11(15)13(16-4)18-10(17-12)7-9-5-6-19-8-9/h9H,5-8H2,1-4H3,(H,16,17,18). The number of aromatic nitrogens is 2. The van der Waals surface area contributed by atoms with Gasteiger partial charge < -0.3 is 10.1 Å². The maximum absolute atomic E-state index is 5.43. The normalized spacial score (nSPS) is 19.7. The number of anilines is 1. The third-order valence-corrected chi connectivity index (χ3v) is 4.36. The molecule has 1 unspecified atom stereocenters. The molecule has 1 aliphatic heterocycles. The third-order valence-electron chi connectivity index (χ3n) is 3.34. The molecule has 2 rings (SSSR count). The van der Waals surface area contributed by atoms with Crippen molar-refractivity contribution < 1.29 is 4.74 Å². The Morgan fingerprint density at radius 3 is 2.63 bits per heavy atom. The highest BCUT2D eigenvalue weighted by Crippen LogP contribution is 2.30. The van der Waals surface area contributed by atoms with E-state index in [1.165, 1.54) is 0 Å². The Morgan fingerprint density at radius 2 is 2.11 bits per heavy atom. The van der Waals surface area contributed by atoms with Gasteiger partial charge in [0.25, 0.3) is 0 Å². The maximum Gasteiger partial charge on any atom is 0.143 e. The van der Waals surface area contributed by atoms with Crippen molar-refractivity contribution in [2.24, 2.45) is 5.92 Å². The van der Waals surface area contributed by atoms with Gasteiger partial charge in [-0.25, -0.2) is 9.97 Å². The van der Waals surface area contributed by atoms with E-state index in [1.54, 1.807) is 0 Å². The van der Waals surface area contributed by atoms with E-state index in [1.807, 2.05) is 7.05 Å². The van der Waals surface area contributed by atoms with Crippen molar-refractivity contribution in [1.82, 2.24) is 9.97 Å². The van der Waals surface area contributed by atoms with Crippen LogP contribution >= 0.6 is 22.6 Å². The van der Waals surface area contributed by atoms with Gasteiger partial charge in [-0.2, -0.15) is 0 Å². The molecule has 2 heterocycles. The molecule has 0 aromatic carbocycles. The average Bonchev–Trinajstić information content (AvgIpc) is 2.82. The first kappa shape index (κ1) is 15.0. The van der Waals surface area contributed by atoms with Crippen molar-refractivity contribution >= 4 is 28.4 Å². The summed E-state index contributed by atoms with van der Waals surface area (Å²) in [4.78, 5) is 9.44. The van der Waals surface area contributed by atoms with E-state index >= 15 is 0 Å². The molecule has 1 saturated heterocycles. The minimum absolute atomic E-state index is 0.0337. The maximum atomic E-state index is 5.43. The fraction of sp³-hybridized carbons (Fsp3) is 0.714. The molecule has 0 bridgehead atoms. The fourth-order valence-electron chi connectivity index (χ4n) is 2.25. The number of ether oxygens (including phenoxy) is 1. The van der Waals surface area contributed by atoms with Crippen LogP contribution in [0.4, 0.5) is 5.82 Å². The van der Waals surface area contributed by atoms with Gasteiger partial charge in [0.1, 0.15) is 11.6 Å². The minimum Gasteiger partial charge on any atom is -0.381 e. The smallest absolute Gasteiger partial charge is 0.143 e. The van der Waals surface area contributed by atoms with Crippen molar-refractivity contribution in [3.63, 3.8) is 0 Å². The third kappa shape index (κ3) is 3.56. The molecule has 4 nitrogen and oxygen atoms in total. The van der Waals surface area contributed by atoms with Crippen molar-refractivity contribution in [3.8, 4) is 0 Å². The van der Waals surface area contributed by atoms with Crippen LogP contribution in [0.15, 0.2) is 0 Å². The van der Waals surface area contributed by atoms with Gasteiger partial charge in [0.05, 0.1) is 9.26 Å². The zero-order chi connectivity index (χ0) is 14.0. The van der Waals surface area contributed by atoms with Gasteiger partial charge in [0.15, 0.2) is 0 Å². The Kier molecular flexibility index (Phi) is 4.66. The zero-order valence-corrected chi connectivity index (χ0v) is 14.2. The lowest BCUT2D eigenvalue weighted by molar-refractivity contribution is 0.185. The molecule has 5 heteroatoms. The number of nitrogens with zero attached hydrogens (tertiary/aromatic N) is 2. The Labute approximate surface area is 128 Å². The molecule has 0 saturated carbocycles. The predicted molar refractivity (Wildman–Crippen MR) is 85.6 cm³/mol. The summed E-state index contributed by atoms with van der Waals surface area (Å²) in [6.07, 6.45) is 2.03. The second-order valence-electron chi connectivity index (χ2n) is 6.08. The topological polar surface area (TPSA) is 47.0 Å². The number of rotatable bonds is 3. The molecule has 0 aliphatic carbocycles. The van der Waals surface area contributed by atoms with Gasteiger partial charge in [0.2, 0.25) is 0 Å². The van der Waals surface area contributed by atoms with Crippen LogP contribution in [-0.2, 0) is 16.6 Å². The summed E-state index contributed by atoms with van der Waals surface area (Å²) in [5.41, 5.74) is 1.16. The summed E-state index contributed by atoms with van der Waals surface area (Å²) in [6, 6.07) is 0. The van der Waals surface area contributed by atoms with Crippen LogP contribution in [-0.4, -0.2) is 30.2 Å². The monoisotopic (exact) mass is 375 g/mol. The Morgan fingerprint density at radius 1 is 1.37 bits per heavy atom. The molecule has 106 valence electrons. The van der Waals surface area contributed by atoms with E-state index in [0.29, 0.717) is 5.92 Å². The lowest BCUT2D eigenvalue weighted by Gasteiger charge is -2.22.